The van der Waals surface area contributed by atoms with Crippen molar-refractivity contribution in [2.75, 3.05) is 7.11 Å². The first kappa shape index (κ1) is 16.8. The number of hydrogen-bond donors (Lipinski definition) is 1. The molecule has 0 aromatic rings. The Morgan fingerprint density at radius 3 is 2.71 bits per heavy atom. The molecule has 0 aromatic carbocycles. The zero-order valence-electron chi connectivity index (χ0n) is 14.1. The second-order valence-electron chi connectivity index (χ2n) is 7.08. The maximum atomic E-state index is 12.8. The first-order valence-electron chi connectivity index (χ1n) is 8.67. The van der Waals surface area contributed by atoms with E-state index >= 15 is 0 Å². The number of methoxy groups -OCH3 is 1. The Morgan fingerprint density at radius 1 is 1.38 bits per heavy atom. The Balaban J connectivity index is 2.04. The van der Waals surface area contributed by atoms with E-state index in [-0.39, 0.29) is 12.2 Å². The van der Waals surface area contributed by atoms with Crippen LogP contribution < -0.4 is 5.32 Å². The van der Waals surface area contributed by atoms with Gasteiger partial charge in [0, 0.05) is 13.2 Å². The van der Waals surface area contributed by atoms with Crippen molar-refractivity contribution in [3.05, 3.63) is 0 Å². The van der Waals surface area contributed by atoms with Crippen molar-refractivity contribution in [1.82, 2.24) is 10.2 Å². The van der Waals surface area contributed by atoms with Gasteiger partial charge in [0.1, 0.15) is 0 Å². The molecule has 0 spiro atoms. The van der Waals surface area contributed by atoms with Crippen LogP contribution in [0.5, 0.6) is 0 Å². The van der Waals surface area contributed by atoms with E-state index < -0.39 is 0 Å². The van der Waals surface area contributed by atoms with Crippen LogP contribution in [0.15, 0.2) is 0 Å². The molecule has 2 aliphatic rings. The lowest BCUT2D eigenvalue weighted by molar-refractivity contribution is -0.132. The van der Waals surface area contributed by atoms with E-state index in [4.69, 9.17) is 4.74 Å². The first-order valence-corrected chi connectivity index (χ1v) is 8.67. The summed E-state index contributed by atoms with van der Waals surface area (Å²) in [4.78, 5) is 15.0. The lowest BCUT2D eigenvalue weighted by Gasteiger charge is -2.31. The SMILES string of the molecule is CCCCC1NC(CC(C)C)N(C2CCC(OC)C2)C1=O. The van der Waals surface area contributed by atoms with Crippen LogP contribution in [0.25, 0.3) is 0 Å². The quantitative estimate of drug-likeness (QED) is 0.785. The molecule has 1 heterocycles. The molecule has 1 N–H and O–H groups in total. The Bertz CT molecular complexity index is 346. The Kier molecular flexibility index (Phi) is 6.06. The summed E-state index contributed by atoms with van der Waals surface area (Å²) in [5.41, 5.74) is 0. The van der Waals surface area contributed by atoms with E-state index in [1.807, 2.05) is 0 Å². The van der Waals surface area contributed by atoms with Crippen molar-refractivity contribution in [3.63, 3.8) is 0 Å². The van der Waals surface area contributed by atoms with Crippen molar-refractivity contribution >= 4 is 5.91 Å². The minimum absolute atomic E-state index is 0.0373. The van der Waals surface area contributed by atoms with Gasteiger partial charge in [0.25, 0.3) is 0 Å². The summed E-state index contributed by atoms with van der Waals surface area (Å²) in [7, 11) is 1.78. The van der Waals surface area contributed by atoms with Gasteiger partial charge in [0.05, 0.1) is 18.3 Å². The number of nitrogens with zero attached hydrogens (tertiary/aromatic N) is 1. The number of carbonyl (C=O) groups is 1. The van der Waals surface area contributed by atoms with E-state index in [0.717, 1.165) is 44.9 Å². The number of nitrogens with one attached hydrogen (secondary N) is 1. The van der Waals surface area contributed by atoms with Gasteiger partial charge in [0.2, 0.25) is 5.91 Å². The third-order valence-electron chi connectivity index (χ3n) is 4.91. The van der Waals surface area contributed by atoms with Crippen molar-refractivity contribution in [1.29, 1.82) is 0 Å². The van der Waals surface area contributed by atoms with Gasteiger partial charge in [-0.25, -0.2) is 0 Å². The largest absolute Gasteiger partial charge is 0.381 e. The molecule has 4 nitrogen and oxygen atoms in total. The highest BCUT2D eigenvalue weighted by molar-refractivity contribution is 5.84. The van der Waals surface area contributed by atoms with Gasteiger partial charge in [-0.05, 0) is 38.0 Å². The average Bonchev–Trinajstić information content (AvgIpc) is 3.01. The van der Waals surface area contributed by atoms with Crippen LogP contribution in [0, 0.1) is 5.92 Å². The fourth-order valence-corrected chi connectivity index (χ4v) is 3.78. The molecule has 1 aliphatic carbocycles. The molecule has 4 atom stereocenters. The molecule has 21 heavy (non-hydrogen) atoms. The Morgan fingerprint density at radius 2 is 2.14 bits per heavy atom. The van der Waals surface area contributed by atoms with E-state index in [0.29, 0.717) is 24.0 Å². The molecule has 0 radical (unpaired) electrons. The molecule has 1 amide bonds. The van der Waals surface area contributed by atoms with Gasteiger partial charge in [-0.1, -0.05) is 33.6 Å². The van der Waals surface area contributed by atoms with E-state index in [1.165, 1.54) is 0 Å². The molecule has 4 unspecified atom stereocenters. The zero-order valence-corrected chi connectivity index (χ0v) is 14.1. The molecule has 1 saturated carbocycles. The Labute approximate surface area is 129 Å². The van der Waals surface area contributed by atoms with Crippen molar-refractivity contribution in [2.45, 2.75) is 90.1 Å². The van der Waals surface area contributed by atoms with Crippen LogP contribution in [0.4, 0.5) is 0 Å². The predicted molar refractivity (Wildman–Crippen MR) is 85.0 cm³/mol. The van der Waals surface area contributed by atoms with Gasteiger partial charge < -0.3 is 9.64 Å². The number of rotatable bonds is 7. The molecule has 2 rings (SSSR count). The van der Waals surface area contributed by atoms with E-state index in [1.54, 1.807) is 7.11 Å². The summed E-state index contributed by atoms with van der Waals surface area (Å²) in [5.74, 6) is 0.929. The molecule has 0 aromatic heterocycles. The number of carbonyl (C=O) groups excluding carboxylic acids is 1. The van der Waals surface area contributed by atoms with Crippen LogP contribution in [-0.2, 0) is 9.53 Å². The molecular formula is C17H32N2O2. The van der Waals surface area contributed by atoms with Gasteiger partial charge in [0.15, 0.2) is 0 Å². The fourth-order valence-electron chi connectivity index (χ4n) is 3.78. The highest BCUT2D eigenvalue weighted by atomic mass is 16.5. The summed E-state index contributed by atoms with van der Waals surface area (Å²) in [6.07, 6.45) is 8.01. The molecule has 1 aliphatic heterocycles. The minimum Gasteiger partial charge on any atom is -0.381 e. The van der Waals surface area contributed by atoms with Gasteiger partial charge in [-0.3, -0.25) is 10.1 Å². The summed E-state index contributed by atoms with van der Waals surface area (Å²) < 4.78 is 5.49. The molecule has 0 bridgehead atoms. The van der Waals surface area contributed by atoms with Crippen molar-refractivity contribution in [3.8, 4) is 0 Å². The smallest absolute Gasteiger partial charge is 0.241 e. The molecule has 122 valence electrons. The molecule has 1 saturated heterocycles. The normalized spacial score (nSPS) is 33.4. The maximum absolute atomic E-state index is 12.8. The highest BCUT2D eigenvalue weighted by Gasteiger charge is 2.44. The van der Waals surface area contributed by atoms with Crippen LogP contribution in [0.3, 0.4) is 0 Å². The lowest BCUT2D eigenvalue weighted by Crippen LogP contribution is -2.44. The third-order valence-corrected chi connectivity index (χ3v) is 4.91. The number of amides is 1. The monoisotopic (exact) mass is 296 g/mol. The second-order valence-corrected chi connectivity index (χ2v) is 7.08. The van der Waals surface area contributed by atoms with Crippen molar-refractivity contribution in [2.24, 2.45) is 5.92 Å². The summed E-state index contributed by atoms with van der Waals surface area (Å²) in [6, 6.07) is 0.403. The predicted octanol–water partition coefficient (Wildman–Crippen LogP) is 2.92. The summed E-state index contributed by atoms with van der Waals surface area (Å²) in [5, 5.41) is 3.60. The number of unbranched alkanes of at least 4 members (excludes halogenated alkanes) is 1. The maximum Gasteiger partial charge on any atom is 0.241 e. The fraction of sp³-hybridized carbons (Fsp3) is 0.941. The molecule has 2 fully saturated rings. The minimum atomic E-state index is 0.0373. The van der Waals surface area contributed by atoms with Gasteiger partial charge in [-0.15, -0.1) is 0 Å². The molecular weight excluding hydrogens is 264 g/mol. The van der Waals surface area contributed by atoms with Crippen molar-refractivity contribution < 1.29 is 9.53 Å². The average molecular weight is 296 g/mol. The topological polar surface area (TPSA) is 41.6 Å². The molecule has 4 heteroatoms. The van der Waals surface area contributed by atoms with Crippen LogP contribution >= 0.6 is 0 Å². The summed E-state index contributed by atoms with van der Waals surface area (Å²) in [6.45, 7) is 6.65. The van der Waals surface area contributed by atoms with Crippen LogP contribution in [0.1, 0.15) is 65.7 Å². The van der Waals surface area contributed by atoms with Crippen LogP contribution in [-0.4, -0.2) is 42.3 Å². The second kappa shape index (κ2) is 7.59. The number of ether oxygens (including phenoxy) is 1. The third kappa shape index (κ3) is 3.98. The number of hydrogen-bond acceptors (Lipinski definition) is 3. The first-order chi connectivity index (χ1) is 10.1. The zero-order chi connectivity index (χ0) is 15.4. The van der Waals surface area contributed by atoms with E-state index in [2.05, 4.69) is 31.0 Å². The van der Waals surface area contributed by atoms with Crippen LogP contribution in [0.2, 0.25) is 0 Å². The Hall–Kier alpha value is -0.610. The summed E-state index contributed by atoms with van der Waals surface area (Å²) >= 11 is 0. The van der Waals surface area contributed by atoms with E-state index in [9.17, 15) is 4.79 Å². The lowest BCUT2D eigenvalue weighted by atomic mass is 10.1. The van der Waals surface area contributed by atoms with Gasteiger partial charge in [-0.2, -0.15) is 0 Å². The highest BCUT2D eigenvalue weighted by Crippen LogP contribution is 2.32. The standard InChI is InChI=1S/C17H32N2O2/c1-5-6-7-15-17(20)19(16(18-15)10-12(2)3)13-8-9-14(11-13)21-4/h12-16,18H,5-11H2,1-4H3. The van der Waals surface area contributed by atoms with Gasteiger partial charge >= 0.3 is 0 Å².